The summed E-state index contributed by atoms with van der Waals surface area (Å²) in [5.74, 6) is 0.436. The van der Waals surface area contributed by atoms with Crippen molar-refractivity contribution in [2.75, 3.05) is 13.1 Å². The summed E-state index contributed by atoms with van der Waals surface area (Å²) in [6.07, 6.45) is 0.00177. The van der Waals surface area contributed by atoms with Gasteiger partial charge < -0.3 is 22.6 Å². The van der Waals surface area contributed by atoms with Crippen molar-refractivity contribution in [3.05, 3.63) is 0 Å². The summed E-state index contributed by atoms with van der Waals surface area (Å²) >= 11 is 4.97. The van der Waals surface area contributed by atoms with Gasteiger partial charge >= 0.3 is 0 Å². The van der Waals surface area contributed by atoms with Crippen LogP contribution in [0.1, 0.15) is 34.1 Å². The Bertz CT molecular complexity index is 200. The number of carbonyl (C=O) groups is 1. The first kappa shape index (κ1) is 18.8. The zero-order valence-electron chi connectivity index (χ0n) is 10.5. The van der Waals surface area contributed by atoms with E-state index in [-0.39, 0.29) is 27.0 Å². The van der Waals surface area contributed by atoms with E-state index in [1.165, 1.54) is 0 Å². The van der Waals surface area contributed by atoms with Crippen LogP contribution >= 0.6 is 0 Å². The van der Waals surface area contributed by atoms with E-state index >= 15 is 0 Å². The van der Waals surface area contributed by atoms with Gasteiger partial charge in [0.2, 0.25) is 5.91 Å². The Morgan fingerprint density at radius 1 is 1.50 bits per heavy atom. The number of nitrogens with zero attached hydrogens (tertiary/aromatic N) is 1. The number of aliphatic hydroxyl groups is 1. The van der Waals surface area contributed by atoms with Crippen LogP contribution in [0.25, 0.3) is 0 Å². The third kappa shape index (κ3) is 6.26. The van der Waals surface area contributed by atoms with E-state index in [0.717, 1.165) is 0 Å². The molecule has 0 aromatic heterocycles. The van der Waals surface area contributed by atoms with Crippen molar-refractivity contribution in [2.45, 2.75) is 45.5 Å². The molecule has 16 heavy (non-hydrogen) atoms. The molecule has 0 radical (unpaired) electrons. The first-order chi connectivity index (χ1) is 7.00. The Labute approximate surface area is 119 Å². The van der Waals surface area contributed by atoms with Crippen LogP contribution in [0.5, 0.6) is 0 Å². The van der Waals surface area contributed by atoms with Gasteiger partial charge in [-0.25, -0.2) is 0 Å². The maximum atomic E-state index is 11.5. The number of amides is 1. The fourth-order valence-electron chi connectivity index (χ4n) is 1.58. The molecule has 1 amide bonds. The van der Waals surface area contributed by atoms with Crippen LogP contribution in [0.2, 0.25) is 0 Å². The van der Waals surface area contributed by atoms with E-state index in [9.17, 15) is 9.90 Å². The molecule has 2 atom stereocenters. The maximum Gasteiger partial charge on any atom is 0.201 e. The number of likely N-dealkylation sites (tertiary alicyclic amines) is 1. The van der Waals surface area contributed by atoms with Crippen LogP contribution in [0.4, 0.5) is 0 Å². The molecular formula is C11H22NO2SW-. The Hall–Kier alpha value is 0.468. The quantitative estimate of drug-likeness (QED) is 0.688. The molecule has 3 nitrogen and oxygen atoms in total. The second-order valence-corrected chi connectivity index (χ2v) is 4.58. The predicted molar refractivity (Wildman–Crippen MR) is 64.5 cm³/mol. The zero-order chi connectivity index (χ0) is 12.0. The summed E-state index contributed by atoms with van der Waals surface area (Å²) in [5, 5.41) is 8.99. The van der Waals surface area contributed by atoms with E-state index in [1.54, 1.807) is 4.90 Å². The molecule has 96 valence electrons. The molecule has 0 spiro atoms. The van der Waals surface area contributed by atoms with Crippen molar-refractivity contribution < 1.29 is 31.0 Å². The number of hydrogen-bond acceptors (Lipinski definition) is 3. The minimum atomic E-state index is -0.432. The van der Waals surface area contributed by atoms with Gasteiger partial charge in [-0.15, -0.1) is 0 Å². The summed E-state index contributed by atoms with van der Waals surface area (Å²) in [6, 6.07) is 0. The molecule has 1 fully saturated rings. The molecule has 2 unspecified atom stereocenters. The van der Waals surface area contributed by atoms with Crippen molar-refractivity contribution in [3.63, 3.8) is 0 Å². The number of piperidine rings is 1. The fraction of sp³-hybridized carbons (Fsp3) is 0.909. The largest absolute Gasteiger partial charge is 0.780 e. The fourth-order valence-corrected chi connectivity index (χ4v) is 1.95. The Kier molecular flexibility index (Phi) is 11.2. The second kappa shape index (κ2) is 9.49. The number of hydrogen-bond donors (Lipinski definition) is 1. The normalized spacial score (nSPS) is 24.7. The number of rotatable bonds is 2. The summed E-state index contributed by atoms with van der Waals surface area (Å²) in [5.41, 5.74) is 0. The molecule has 1 aliphatic rings. The van der Waals surface area contributed by atoms with Crippen molar-refractivity contribution in [2.24, 2.45) is 5.92 Å². The van der Waals surface area contributed by atoms with Crippen LogP contribution in [-0.2, 0) is 38.5 Å². The minimum Gasteiger partial charge on any atom is -0.780 e. The SMILES string of the molecule is CC.CC(C)CN1CC(O)CC([S-])C1=O.[W]. The van der Waals surface area contributed by atoms with Gasteiger partial charge in [0.25, 0.3) is 0 Å². The Morgan fingerprint density at radius 2 is 2.00 bits per heavy atom. The van der Waals surface area contributed by atoms with Crippen LogP contribution in [-0.4, -0.2) is 40.4 Å². The van der Waals surface area contributed by atoms with Crippen molar-refractivity contribution >= 4 is 18.5 Å². The summed E-state index contributed by atoms with van der Waals surface area (Å²) in [7, 11) is 0. The molecule has 1 aliphatic heterocycles. The maximum absolute atomic E-state index is 11.5. The molecular weight excluding hydrogens is 394 g/mol. The van der Waals surface area contributed by atoms with Crippen LogP contribution in [0.3, 0.4) is 0 Å². The number of aliphatic hydroxyl groups excluding tert-OH is 1. The van der Waals surface area contributed by atoms with E-state index in [1.807, 2.05) is 27.7 Å². The molecule has 1 saturated heterocycles. The van der Waals surface area contributed by atoms with Crippen molar-refractivity contribution in [1.82, 2.24) is 4.90 Å². The van der Waals surface area contributed by atoms with Gasteiger partial charge in [-0.05, 0) is 12.3 Å². The van der Waals surface area contributed by atoms with Gasteiger partial charge in [0.05, 0.1) is 6.10 Å². The van der Waals surface area contributed by atoms with Gasteiger partial charge in [0.1, 0.15) is 0 Å². The molecule has 0 saturated carbocycles. The van der Waals surface area contributed by atoms with Gasteiger partial charge in [-0.3, -0.25) is 4.79 Å². The van der Waals surface area contributed by atoms with Gasteiger partial charge in [0.15, 0.2) is 0 Å². The first-order valence-corrected chi connectivity index (χ1v) is 6.10. The molecule has 0 aliphatic carbocycles. The third-order valence-corrected chi connectivity index (χ3v) is 2.48. The molecule has 0 aromatic rings. The van der Waals surface area contributed by atoms with Crippen LogP contribution < -0.4 is 0 Å². The standard InChI is InChI=1S/C9H17NO2S.C2H6.W/c1-6(2)4-10-5-7(11)3-8(13)9(10)12;1-2;/h6-8,11,13H,3-5H2,1-2H3;1-2H3;/p-1. The van der Waals surface area contributed by atoms with Gasteiger partial charge in [-0.1, -0.05) is 32.9 Å². The summed E-state index contributed by atoms with van der Waals surface area (Å²) < 4.78 is 0. The van der Waals surface area contributed by atoms with E-state index in [4.69, 9.17) is 12.6 Å². The van der Waals surface area contributed by atoms with Gasteiger partial charge in [-0.2, -0.15) is 0 Å². The van der Waals surface area contributed by atoms with Crippen molar-refractivity contribution in [3.8, 4) is 0 Å². The first-order valence-electron chi connectivity index (χ1n) is 5.63. The Morgan fingerprint density at radius 3 is 2.44 bits per heavy atom. The van der Waals surface area contributed by atoms with Gasteiger partial charge in [0, 0.05) is 34.2 Å². The smallest absolute Gasteiger partial charge is 0.201 e. The van der Waals surface area contributed by atoms with E-state index < -0.39 is 11.4 Å². The average molecular weight is 416 g/mol. The molecule has 1 rings (SSSR count). The second-order valence-electron chi connectivity index (χ2n) is 4.02. The van der Waals surface area contributed by atoms with Crippen LogP contribution in [0.15, 0.2) is 0 Å². The van der Waals surface area contributed by atoms with E-state index in [0.29, 0.717) is 25.4 Å². The molecule has 0 aromatic carbocycles. The minimum absolute atomic E-state index is 0. The van der Waals surface area contributed by atoms with Crippen LogP contribution in [0, 0.1) is 5.92 Å². The molecule has 0 bridgehead atoms. The average Bonchev–Trinajstić information content (AvgIpc) is 2.16. The third-order valence-electron chi connectivity index (χ3n) is 2.09. The summed E-state index contributed by atoms with van der Waals surface area (Å²) in [6.45, 7) is 9.24. The predicted octanol–water partition coefficient (Wildman–Crippen LogP) is 1.17. The number of carbonyl (C=O) groups excluding carboxylic acids is 1. The molecule has 1 N–H and O–H groups in total. The monoisotopic (exact) mass is 416 g/mol. The topological polar surface area (TPSA) is 40.5 Å². The molecule has 5 heteroatoms. The van der Waals surface area contributed by atoms with E-state index in [2.05, 4.69) is 0 Å². The summed E-state index contributed by atoms with van der Waals surface area (Å²) in [4.78, 5) is 13.2. The van der Waals surface area contributed by atoms with Crippen molar-refractivity contribution in [1.29, 1.82) is 0 Å². The zero-order valence-corrected chi connectivity index (χ0v) is 14.2. The Balaban J connectivity index is 0. The molecule has 1 heterocycles. The number of β-amino-alcohol motifs (C(OH)–C–C–N with tert-alkyl or cyclic N) is 1.